The number of aliphatic hydroxyl groups is 1. The highest BCUT2D eigenvalue weighted by Crippen LogP contribution is 2.30. The third-order valence-corrected chi connectivity index (χ3v) is 5.26. The molecule has 0 saturated heterocycles. The highest BCUT2D eigenvalue weighted by Gasteiger charge is 2.29. The van der Waals surface area contributed by atoms with Crippen molar-refractivity contribution in [3.63, 3.8) is 0 Å². The van der Waals surface area contributed by atoms with Gasteiger partial charge >= 0.3 is 0 Å². The van der Waals surface area contributed by atoms with Crippen LogP contribution >= 0.6 is 0 Å². The lowest BCUT2D eigenvalue weighted by atomic mass is 10.0. The second-order valence-corrected chi connectivity index (χ2v) is 7.12. The summed E-state index contributed by atoms with van der Waals surface area (Å²) in [4.78, 5) is 18.0. The minimum Gasteiger partial charge on any atom is -0.390 e. The molecule has 6 nitrogen and oxygen atoms in total. The molecular weight excluding hydrogens is 390 g/mol. The van der Waals surface area contributed by atoms with Gasteiger partial charge in [-0.05, 0) is 42.0 Å². The number of carbonyl (C=O) groups is 1. The van der Waals surface area contributed by atoms with E-state index in [1.165, 1.54) is 17.0 Å². The lowest BCUT2D eigenvalue weighted by Gasteiger charge is -2.17. The van der Waals surface area contributed by atoms with Crippen LogP contribution in [0.25, 0.3) is 16.6 Å². The van der Waals surface area contributed by atoms with Crippen molar-refractivity contribution in [1.29, 1.82) is 0 Å². The summed E-state index contributed by atoms with van der Waals surface area (Å²) in [6, 6.07) is 11.0. The molecule has 0 atom stereocenters. The summed E-state index contributed by atoms with van der Waals surface area (Å²) >= 11 is 0. The molecule has 0 unspecified atom stereocenters. The Hall–Kier alpha value is -3.65. The zero-order chi connectivity index (χ0) is 20.8. The Morgan fingerprint density at radius 2 is 1.83 bits per heavy atom. The molecule has 0 aliphatic carbocycles. The second-order valence-electron chi connectivity index (χ2n) is 7.12. The van der Waals surface area contributed by atoms with Gasteiger partial charge in [0.15, 0.2) is 0 Å². The Labute approximate surface area is 170 Å². The van der Waals surface area contributed by atoms with E-state index in [1.54, 1.807) is 47.2 Å². The SMILES string of the molecule is O=C1c2cccnc2CN1Cc1c(F)cc(-c2cccn3nc(CO)cc23)cc1F. The molecule has 1 aromatic carbocycles. The molecule has 0 radical (unpaired) electrons. The van der Waals surface area contributed by atoms with E-state index >= 15 is 0 Å². The Morgan fingerprint density at radius 1 is 1.07 bits per heavy atom. The molecule has 0 saturated carbocycles. The van der Waals surface area contributed by atoms with Gasteiger partial charge < -0.3 is 10.0 Å². The Morgan fingerprint density at radius 3 is 2.57 bits per heavy atom. The molecule has 0 spiro atoms. The lowest BCUT2D eigenvalue weighted by Crippen LogP contribution is -2.24. The zero-order valence-corrected chi connectivity index (χ0v) is 15.7. The first kappa shape index (κ1) is 18.4. The number of amides is 1. The summed E-state index contributed by atoms with van der Waals surface area (Å²) in [5.74, 6) is -1.75. The summed E-state index contributed by atoms with van der Waals surface area (Å²) in [6.45, 7) is -0.197. The number of halogens is 2. The summed E-state index contributed by atoms with van der Waals surface area (Å²) < 4.78 is 31.4. The zero-order valence-electron chi connectivity index (χ0n) is 15.7. The van der Waals surface area contributed by atoms with Crippen molar-refractivity contribution in [1.82, 2.24) is 19.5 Å². The first-order valence-electron chi connectivity index (χ1n) is 9.34. The fraction of sp³-hybridized carbons (Fsp3) is 0.136. The van der Waals surface area contributed by atoms with Gasteiger partial charge in [-0.15, -0.1) is 0 Å². The van der Waals surface area contributed by atoms with E-state index in [2.05, 4.69) is 10.1 Å². The second kappa shape index (κ2) is 7.00. The van der Waals surface area contributed by atoms with Gasteiger partial charge in [-0.3, -0.25) is 9.78 Å². The third kappa shape index (κ3) is 2.93. The Bertz CT molecular complexity index is 1280. The van der Waals surface area contributed by atoms with Gasteiger partial charge in [-0.25, -0.2) is 13.3 Å². The summed E-state index contributed by atoms with van der Waals surface area (Å²) in [5.41, 5.74) is 2.92. The van der Waals surface area contributed by atoms with Crippen molar-refractivity contribution in [3.05, 3.63) is 89.0 Å². The van der Waals surface area contributed by atoms with Gasteiger partial charge in [0.25, 0.3) is 5.91 Å². The van der Waals surface area contributed by atoms with Gasteiger partial charge in [0.2, 0.25) is 0 Å². The monoisotopic (exact) mass is 406 g/mol. The maximum Gasteiger partial charge on any atom is 0.256 e. The van der Waals surface area contributed by atoms with Crippen LogP contribution < -0.4 is 0 Å². The minimum absolute atomic E-state index is 0.170. The number of pyridine rings is 2. The maximum absolute atomic E-state index is 14.9. The number of carbonyl (C=O) groups excluding carboxylic acids is 1. The number of hydrogen-bond acceptors (Lipinski definition) is 4. The Kier molecular flexibility index (Phi) is 4.29. The summed E-state index contributed by atoms with van der Waals surface area (Å²) in [6.07, 6.45) is 3.29. The van der Waals surface area contributed by atoms with Gasteiger partial charge in [0.1, 0.15) is 11.6 Å². The topological polar surface area (TPSA) is 70.7 Å². The molecule has 1 aliphatic heterocycles. The molecule has 8 heteroatoms. The van der Waals surface area contributed by atoms with E-state index < -0.39 is 11.6 Å². The predicted octanol–water partition coefficient (Wildman–Crippen LogP) is 3.32. The molecule has 1 aliphatic rings. The number of rotatable bonds is 4. The normalized spacial score (nSPS) is 13.3. The molecule has 150 valence electrons. The largest absolute Gasteiger partial charge is 0.390 e. The molecule has 1 N–H and O–H groups in total. The highest BCUT2D eigenvalue weighted by molar-refractivity contribution is 5.97. The van der Waals surface area contributed by atoms with E-state index in [1.807, 2.05) is 0 Å². The van der Waals surface area contributed by atoms with Crippen LogP contribution in [0.4, 0.5) is 8.78 Å². The Balaban J connectivity index is 1.50. The van der Waals surface area contributed by atoms with Crippen LogP contribution in [0, 0.1) is 11.6 Å². The fourth-order valence-electron chi connectivity index (χ4n) is 3.80. The quantitative estimate of drug-likeness (QED) is 0.565. The van der Waals surface area contributed by atoms with Crippen LogP contribution in [0.5, 0.6) is 0 Å². The summed E-state index contributed by atoms with van der Waals surface area (Å²) in [7, 11) is 0. The van der Waals surface area contributed by atoms with E-state index in [-0.39, 0.29) is 31.2 Å². The van der Waals surface area contributed by atoms with Crippen molar-refractivity contribution in [2.75, 3.05) is 0 Å². The number of fused-ring (bicyclic) bond motifs is 2. The molecule has 0 fully saturated rings. The number of nitrogens with zero attached hydrogens (tertiary/aromatic N) is 4. The van der Waals surface area contributed by atoms with E-state index in [4.69, 9.17) is 0 Å². The fourth-order valence-corrected chi connectivity index (χ4v) is 3.80. The average Bonchev–Trinajstić information content (AvgIpc) is 3.31. The molecule has 4 aromatic rings. The predicted molar refractivity (Wildman–Crippen MR) is 104 cm³/mol. The van der Waals surface area contributed by atoms with Crippen molar-refractivity contribution >= 4 is 11.4 Å². The van der Waals surface area contributed by atoms with Crippen molar-refractivity contribution in [2.24, 2.45) is 0 Å². The molecule has 1 amide bonds. The first-order chi connectivity index (χ1) is 14.5. The molecule has 4 heterocycles. The minimum atomic E-state index is -0.731. The van der Waals surface area contributed by atoms with Crippen LogP contribution in [-0.2, 0) is 19.7 Å². The van der Waals surface area contributed by atoms with Gasteiger partial charge in [-0.2, -0.15) is 5.10 Å². The standard InChI is InChI=1S/C22H16F2N4O2/c23-18-7-13(15-4-2-6-28-21(15)9-14(12-29)26-28)8-19(24)17(18)10-27-11-20-16(22(27)30)3-1-5-25-20/h1-9,29H,10-12H2. The van der Waals surface area contributed by atoms with Crippen molar-refractivity contribution in [2.45, 2.75) is 19.7 Å². The van der Waals surface area contributed by atoms with Crippen molar-refractivity contribution in [3.8, 4) is 11.1 Å². The number of hydrogen-bond donors (Lipinski definition) is 1. The van der Waals surface area contributed by atoms with Crippen molar-refractivity contribution < 1.29 is 18.7 Å². The molecule has 0 bridgehead atoms. The van der Waals surface area contributed by atoms with E-state index in [9.17, 15) is 18.7 Å². The van der Waals surface area contributed by atoms with Gasteiger partial charge in [0, 0.05) is 23.5 Å². The van der Waals surface area contributed by atoms with Crippen LogP contribution in [0.3, 0.4) is 0 Å². The average molecular weight is 406 g/mol. The molecule has 5 rings (SSSR count). The number of aliphatic hydroxyl groups excluding tert-OH is 1. The smallest absolute Gasteiger partial charge is 0.256 e. The lowest BCUT2D eigenvalue weighted by molar-refractivity contribution is 0.0763. The highest BCUT2D eigenvalue weighted by atomic mass is 19.1. The summed E-state index contributed by atoms with van der Waals surface area (Å²) in [5, 5.41) is 13.5. The molecule has 3 aromatic heterocycles. The van der Waals surface area contributed by atoms with Crippen LogP contribution in [0.2, 0.25) is 0 Å². The third-order valence-electron chi connectivity index (χ3n) is 5.26. The molecular formula is C22H16F2N4O2. The van der Waals surface area contributed by atoms with Crippen LogP contribution in [-0.4, -0.2) is 30.5 Å². The first-order valence-corrected chi connectivity index (χ1v) is 9.34. The van der Waals surface area contributed by atoms with Gasteiger partial charge in [0.05, 0.1) is 42.2 Å². The maximum atomic E-state index is 14.9. The van der Waals surface area contributed by atoms with E-state index in [0.29, 0.717) is 33.6 Å². The molecule has 30 heavy (non-hydrogen) atoms. The van der Waals surface area contributed by atoms with E-state index in [0.717, 1.165) is 0 Å². The number of aromatic nitrogens is 3. The number of benzene rings is 1. The van der Waals surface area contributed by atoms with Crippen LogP contribution in [0.15, 0.2) is 54.9 Å². The van der Waals surface area contributed by atoms with Crippen LogP contribution in [0.1, 0.15) is 27.3 Å². The van der Waals surface area contributed by atoms with Gasteiger partial charge in [-0.1, -0.05) is 6.07 Å².